The number of nitrogens with zero attached hydrogens (tertiary/aromatic N) is 3. The lowest BCUT2D eigenvalue weighted by molar-refractivity contribution is 0.586. The second-order valence-electron chi connectivity index (χ2n) is 6.10. The number of hydrogen-bond donors (Lipinski definition) is 1. The number of benzene rings is 1. The average molecular weight is 342 g/mol. The molecule has 3 aromatic heterocycles. The first-order valence-electron chi connectivity index (χ1n) is 8.38. The molecule has 4 aromatic rings. The second kappa shape index (κ2) is 6.80. The maximum atomic E-state index is 5.88. The number of aromatic nitrogens is 3. The normalized spacial score (nSPS) is 10.7. The van der Waals surface area contributed by atoms with Gasteiger partial charge in [-0.15, -0.1) is 0 Å². The van der Waals surface area contributed by atoms with Crippen molar-refractivity contribution in [2.24, 2.45) is 0 Å². The third kappa shape index (κ3) is 3.47. The third-order valence-electron chi connectivity index (χ3n) is 3.88. The molecule has 128 valence electrons. The van der Waals surface area contributed by atoms with Gasteiger partial charge in [-0.1, -0.05) is 24.3 Å². The summed E-state index contributed by atoms with van der Waals surface area (Å²) in [5.41, 5.74) is 3.77. The summed E-state index contributed by atoms with van der Waals surface area (Å²) in [7, 11) is 0. The Labute approximate surface area is 151 Å². The summed E-state index contributed by atoms with van der Waals surface area (Å²) in [6, 6.07) is 19.6. The summed E-state index contributed by atoms with van der Waals surface area (Å²) in [6.07, 6.45) is 1.70. The van der Waals surface area contributed by atoms with Crippen LogP contribution < -0.4 is 5.32 Å². The first kappa shape index (κ1) is 16.0. The van der Waals surface area contributed by atoms with Crippen molar-refractivity contribution in [3.05, 3.63) is 78.1 Å². The maximum Gasteiger partial charge on any atom is 0.226 e. The van der Waals surface area contributed by atoms with Crippen molar-refractivity contribution in [2.45, 2.75) is 13.8 Å². The summed E-state index contributed by atoms with van der Waals surface area (Å²) >= 11 is 0. The zero-order valence-corrected chi connectivity index (χ0v) is 14.6. The van der Waals surface area contributed by atoms with E-state index in [2.05, 4.69) is 20.3 Å². The number of anilines is 2. The Kier molecular flexibility index (Phi) is 4.19. The largest absolute Gasteiger partial charge is 0.434 e. The van der Waals surface area contributed by atoms with Gasteiger partial charge in [0.25, 0.3) is 0 Å². The molecular weight excluding hydrogens is 324 g/mol. The molecule has 0 aliphatic heterocycles. The molecule has 26 heavy (non-hydrogen) atoms. The van der Waals surface area contributed by atoms with Crippen LogP contribution in [0.1, 0.15) is 11.3 Å². The van der Waals surface area contributed by atoms with Crippen LogP contribution in [0.15, 0.2) is 71.3 Å². The lowest BCUT2D eigenvalue weighted by Crippen LogP contribution is -1.98. The molecule has 4 rings (SSSR count). The molecular formula is C21H18N4O. The van der Waals surface area contributed by atoms with Crippen LogP contribution in [0.3, 0.4) is 0 Å². The number of rotatable bonds is 4. The Balaban J connectivity index is 1.61. The van der Waals surface area contributed by atoms with E-state index in [9.17, 15) is 0 Å². The van der Waals surface area contributed by atoms with E-state index in [1.807, 2.05) is 74.5 Å². The zero-order chi connectivity index (χ0) is 17.9. The summed E-state index contributed by atoms with van der Waals surface area (Å²) in [5.74, 6) is 2.69. The van der Waals surface area contributed by atoms with Gasteiger partial charge in [0.2, 0.25) is 5.89 Å². The molecule has 0 amide bonds. The van der Waals surface area contributed by atoms with E-state index < -0.39 is 0 Å². The van der Waals surface area contributed by atoms with E-state index in [1.165, 1.54) is 0 Å². The van der Waals surface area contributed by atoms with E-state index in [0.717, 1.165) is 22.6 Å². The van der Waals surface area contributed by atoms with E-state index in [4.69, 9.17) is 4.42 Å². The minimum absolute atomic E-state index is 0.580. The van der Waals surface area contributed by atoms with Gasteiger partial charge in [-0.05, 0) is 55.8 Å². The molecule has 1 N–H and O–H groups in total. The Morgan fingerprint density at radius 2 is 1.69 bits per heavy atom. The van der Waals surface area contributed by atoms with Crippen molar-refractivity contribution in [3.8, 4) is 22.9 Å². The zero-order valence-electron chi connectivity index (χ0n) is 14.6. The van der Waals surface area contributed by atoms with Gasteiger partial charge in [0.1, 0.15) is 17.3 Å². The minimum Gasteiger partial charge on any atom is -0.434 e. The van der Waals surface area contributed by atoms with Gasteiger partial charge >= 0.3 is 0 Å². The van der Waals surface area contributed by atoms with Crippen molar-refractivity contribution < 1.29 is 4.42 Å². The first-order chi connectivity index (χ1) is 12.7. The smallest absolute Gasteiger partial charge is 0.226 e. The molecule has 0 bridgehead atoms. The molecule has 0 unspecified atom stereocenters. The topological polar surface area (TPSA) is 63.8 Å². The van der Waals surface area contributed by atoms with Crippen molar-refractivity contribution in [1.82, 2.24) is 15.0 Å². The van der Waals surface area contributed by atoms with Crippen LogP contribution >= 0.6 is 0 Å². The lowest BCUT2D eigenvalue weighted by Gasteiger charge is -2.07. The minimum atomic E-state index is 0.580. The molecule has 0 fully saturated rings. The number of pyridine rings is 2. The number of oxazole rings is 1. The van der Waals surface area contributed by atoms with Gasteiger partial charge < -0.3 is 9.73 Å². The SMILES string of the molecule is Cc1cc(C)nc(Nc2cccc(-c3cnc(-c4ccccc4)o3)n2)c1. The molecule has 0 aliphatic rings. The Morgan fingerprint density at radius 1 is 0.846 bits per heavy atom. The molecule has 0 radical (unpaired) electrons. The van der Waals surface area contributed by atoms with Crippen LogP contribution in [0, 0.1) is 13.8 Å². The van der Waals surface area contributed by atoms with Crippen molar-refractivity contribution in [3.63, 3.8) is 0 Å². The van der Waals surface area contributed by atoms with E-state index in [-0.39, 0.29) is 0 Å². The van der Waals surface area contributed by atoms with E-state index in [1.54, 1.807) is 6.20 Å². The van der Waals surface area contributed by atoms with Crippen LogP contribution in [-0.2, 0) is 0 Å². The van der Waals surface area contributed by atoms with Crippen LogP contribution in [0.25, 0.3) is 22.9 Å². The highest BCUT2D eigenvalue weighted by Gasteiger charge is 2.10. The fourth-order valence-corrected chi connectivity index (χ4v) is 2.78. The van der Waals surface area contributed by atoms with Crippen LogP contribution in [0.4, 0.5) is 11.6 Å². The molecule has 0 atom stereocenters. The number of hydrogen-bond acceptors (Lipinski definition) is 5. The first-order valence-corrected chi connectivity index (χ1v) is 8.38. The highest BCUT2D eigenvalue weighted by atomic mass is 16.4. The summed E-state index contributed by atoms with van der Waals surface area (Å²) < 4.78 is 5.88. The van der Waals surface area contributed by atoms with Crippen LogP contribution in [-0.4, -0.2) is 15.0 Å². The van der Waals surface area contributed by atoms with Gasteiger partial charge in [-0.2, -0.15) is 0 Å². The van der Waals surface area contributed by atoms with Crippen molar-refractivity contribution in [2.75, 3.05) is 5.32 Å². The highest BCUT2D eigenvalue weighted by Crippen LogP contribution is 2.26. The lowest BCUT2D eigenvalue weighted by atomic mass is 10.2. The summed E-state index contributed by atoms with van der Waals surface area (Å²) in [6.45, 7) is 4.02. The molecule has 0 aliphatic carbocycles. The van der Waals surface area contributed by atoms with E-state index in [0.29, 0.717) is 23.2 Å². The van der Waals surface area contributed by atoms with Crippen LogP contribution in [0.2, 0.25) is 0 Å². The Bertz CT molecular complexity index is 1020. The predicted octanol–water partition coefficient (Wildman–Crippen LogP) is 5.16. The molecule has 0 saturated carbocycles. The van der Waals surface area contributed by atoms with Crippen LogP contribution in [0.5, 0.6) is 0 Å². The van der Waals surface area contributed by atoms with Gasteiger partial charge in [0, 0.05) is 11.3 Å². The maximum absolute atomic E-state index is 5.88. The molecule has 0 saturated heterocycles. The molecule has 5 heteroatoms. The fourth-order valence-electron chi connectivity index (χ4n) is 2.78. The molecule has 3 heterocycles. The summed E-state index contributed by atoms with van der Waals surface area (Å²) in [4.78, 5) is 13.5. The molecule has 1 aromatic carbocycles. The van der Waals surface area contributed by atoms with Gasteiger partial charge in [-0.3, -0.25) is 0 Å². The fraction of sp³-hybridized carbons (Fsp3) is 0.0952. The Hall–Kier alpha value is -3.47. The van der Waals surface area contributed by atoms with Crippen molar-refractivity contribution in [1.29, 1.82) is 0 Å². The number of nitrogens with one attached hydrogen (secondary N) is 1. The van der Waals surface area contributed by atoms with Gasteiger partial charge in [0.05, 0.1) is 6.20 Å². The average Bonchev–Trinajstić information content (AvgIpc) is 3.12. The highest BCUT2D eigenvalue weighted by molar-refractivity contribution is 5.61. The standard InChI is InChI=1S/C21H18N4O/c1-14-11-15(2)23-20(12-14)25-19-10-6-9-17(24-19)18-13-22-21(26-18)16-7-4-3-5-8-16/h3-13H,1-2H3,(H,23,24,25). The molecule has 5 nitrogen and oxygen atoms in total. The third-order valence-corrected chi connectivity index (χ3v) is 3.88. The Morgan fingerprint density at radius 3 is 2.50 bits per heavy atom. The number of aryl methyl sites for hydroxylation is 2. The van der Waals surface area contributed by atoms with Gasteiger partial charge in [-0.25, -0.2) is 15.0 Å². The summed E-state index contributed by atoms with van der Waals surface area (Å²) in [5, 5.41) is 3.25. The predicted molar refractivity (Wildman–Crippen MR) is 102 cm³/mol. The molecule has 0 spiro atoms. The van der Waals surface area contributed by atoms with Crippen molar-refractivity contribution >= 4 is 11.6 Å². The quantitative estimate of drug-likeness (QED) is 0.555. The second-order valence-corrected chi connectivity index (χ2v) is 6.10. The van der Waals surface area contributed by atoms with E-state index >= 15 is 0 Å². The monoisotopic (exact) mass is 342 g/mol. The van der Waals surface area contributed by atoms with Gasteiger partial charge in [0.15, 0.2) is 5.76 Å².